The number of nitrogens with one attached hydrogen (secondary N) is 1. The molecule has 0 aromatic rings. The molecule has 14 heteroatoms. The van der Waals surface area contributed by atoms with Crippen LogP contribution in [0.15, 0.2) is 60.8 Å². The van der Waals surface area contributed by atoms with Crippen LogP contribution in [0.1, 0.15) is 219 Å². The second-order valence-corrected chi connectivity index (χ2v) is 20.7. The van der Waals surface area contributed by atoms with Crippen molar-refractivity contribution in [2.75, 3.05) is 19.8 Å². The number of aliphatic hydroxyl groups excluding tert-OH is 8. The van der Waals surface area contributed by atoms with E-state index < -0.39 is 86.8 Å². The van der Waals surface area contributed by atoms with Crippen LogP contribution in [0.2, 0.25) is 0 Å². The molecule has 0 aliphatic carbocycles. The normalized spacial score (nSPS) is 25.6. The van der Waals surface area contributed by atoms with Gasteiger partial charge in [-0.25, -0.2) is 0 Å². The fourth-order valence-corrected chi connectivity index (χ4v) is 9.50. The van der Waals surface area contributed by atoms with Crippen molar-refractivity contribution >= 4 is 5.91 Å². The molecule has 1 amide bonds. The molecule has 2 fully saturated rings. The Labute approximate surface area is 447 Å². The van der Waals surface area contributed by atoms with Gasteiger partial charge in [-0.05, 0) is 57.8 Å². The molecule has 0 saturated carbocycles. The molecule has 0 radical (unpaired) electrons. The first-order valence-electron chi connectivity index (χ1n) is 29.5. The number of hydrogen-bond acceptors (Lipinski definition) is 13. The molecule has 2 aliphatic rings. The molecule has 9 N–H and O–H groups in total. The highest BCUT2D eigenvalue weighted by Crippen LogP contribution is 2.30. The summed E-state index contributed by atoms with van der Waals surface area (Å²) in [5.41, 5.74) is 0. The number of unbranched alkanes of at least 4 members (excludes halogenated alkanes) is 23. The number of carbonyl (C=O) groups excluding carboxylic acids is 1. The van der Waals surface area contributed by atoms with E-state index in [-0.39, 0.29) is 18.9 Å². The zero-order valence-electron chi connectivity index (χ0n) is 46.1. The lowest BCUT2D eigenvalue weighted by Gasteiger charge is -2.46. The molecule has 430 valence electrons. The lowest BCUT2D eigenvalue weighted by atomic mass is 9.97. The molecule has 0 aromatic carbocycles. The summed E-state index contributed by atoms with van der Waals surface area (Å²) >= 11 is 0. The van der Waals surface area contributed by atoms with Gasteiger partial charge in [-0.15, -0.1) is 0 Å². The van der Waals surface area contributed by atoms with E-state index in [1.54, 1.807) is 0 Å². The summed E-state index contributed by atoms with van der Waals surface area (Å²) in [7, 11) is 0. The highest BCUT2D eigenvalue weighted by atomic mass is 16.7. The second kappa shape index (κ2) is 45.7. The fourth-order valence-electron chi connectivity index (χ4n) is 9.50. The van der Waals surface area contributed by atoms with E-state index in [0.29, 0.717) is 12.8 Å². The summed E-state index contributed by atoms with van der Waals surface area (Å²) in [5.74, 6) is -0.226. The van der Waals surface area contributed by atoms with E-state index in [4.69, 9.17) is 18.9 Å². The van der Waals surface area contributed by atoms with E-state index >= 15 is 0 Å². The van der Waals surface area contributed by atoms with Gasteiger partial charge in [-0.3, -0.25) is 4.79 Å². The van der Waals surface area contributed by atoms with Crippen LogP contribution < -0.4 is 5.32 Å². The van der Waals surface area contributed by atoms with Gasteiger partial charge in [0.15, 0.2) is 12.6 Å². The predicted octanol–water partition coefficient (Wildman–Crippen LogP) is 9.78. The molecule has 74 heavy (non-hydrogen) atoms. The molecular weight excluding hydrogens is 943 g/mol. The van der Waals surface area contributed by atoms with Crippen molar-refractivity contribution in [2.24, 2.45) is 0 Å². The first-order chi connectivity index (χ1) is 36.1. The summed E-state index contributed by atoms with van der Waals surface area (Å²) in [6, 6.07) is -0.842. The maximum Gasteiger partial charge on any atom is 0.220 e. The van der Waals surface area contributed by atoms with Gasteiger partial charge in [0.1, 0.15) is 48.8 Å². The standard InChI is InChI=1S/C60H107NO13/c1-3-5-7-9-11-13-15-17-19-21-23-24-26-28-30-32-34-36-38-40-42-44-52(65)61-48(49(64)43-41-39-37-35-33-31-29-27-25-22-20-18-16-14-12-10-8-6-4-2)47-71-59-57(70)55(68)58(51(46-63)73-59)74-60-56(69)54(67)53(66)50(45-62)72-60/h5,7,11,13,17,19,23-24,28,30,48-51,53-60,62-64,66-70H,3-4,6,8-10,12,14-16,18,20-22,25-27,29,31-47H2,1-2H3,(H,61,65)/b7-5-,13-11-,19-17-,24-23-,30-28-. The third kappa shape index (κ3) is 31.2. The smallest absolute Gasteiger partial charge is 0.220 e. The minimum absolute atomic E-state index is 0.226. The van der Waals surface area contributed by atoms with E-state index in [1.165, 1.54) is 96.3 Å². The summed E-state index contributed by atoms with van der Waals surface area (Å²) < 4.78 is 22.8. The molecule has 2 heterocycles. The monoisotopic (exact) mass is 1050 g/mol. The van der Waals surface area contributed by atoms with Gasteiger partial charge in [0.25, 0.3) is 0 Å². The van der Waals surface area contributed by atoms with Gasteiger partial charge >= 0.3 is 0 Å². The molecule has 12 atom stereocenters. The minimum Gasteiger partial charge on any atom is -0.394 e. The van der Waals surface area contributed by atoms with Gasteiger partial charge < -0.3 is 65.1 Å². The number of aliphatic hydroxyl groups is 8. The quantitative estimate of drug-likeness (QED) is 0.0205. The molecule has 0 aromatic heterocycles. The number of amides is 1. The van der Waals surface area contributed by atoms with E-state index in [1.807, 2.05) is 0 Å². The summed E-state index contributed by atoms with van der Waals surface area (Å²) in [6.45, 7) is 2.74. The van der Waals surface area contributed by atoms with Crippen LogP contribution in [0.4, 0.5) is 0 Å². The number of carbonyl (C=O) groups is 1. The summed E-state index contributed by atoms with van der Waals surface area (Å²) in [4.78, 5) is 13.3. The lowest BCUT2D eigenvalue weighted by molar-refractivity contribution is -0.359. The number of rotatable bonds is 46. The Morgan fingerprint density at radius 1 is 0.500 bits per heavy atom. The Bertz CT molecular complexity index is 1470. The van der Waals surface area contributed by atoms with Crippen LogP contribution in [-0.2, 0) is 23.7 Å². The van der Waals surface area contributed by atoms with Gasteiger partial charge in [-0.1, -0.05) is 216 Å². The van der Waals surface area contributed by atoms with Crippen LogP contribution in [0, 0.1) is 0 Å². The average molecular weight is 1050 g/mol. The van der Waals surface area contributed by atoms with E-state index in [0.717, 1.165) is 89.9 Å². The summed E-state index contributed by atoms with van der Waals surface area (Å²) in [5, 5.41) is 87.3. The average Bonchev–Trinajstić information content (AvgIpc) is 3.40. The van der Waals surface area contributed by atoms with Crippen LogP contribution in [0.25, 0.3) is 0 Å². The summed E-state index contributed by atoms with van der Waals surface area (Å²) in [6.07, 6.45) is 40.6. The Morgan fingerprint density at radius 3 is 1.43 bits per heavy atom. The molecule has 2 aliphatic heterocycles. The molecule has 12 unspecified atom stereocenters. The first kappa shape index (κ1) is 67.8. The van der Waals surface area contributed by atoms with E-state index in [9.17, 15) is 45.6 Å². The van der Waals surface area contributed by atoms with Crippen molar-refractivity contribution in [1.29, 1.82) is 0 Å². The highest BCUT2D eigenvalue weighted by molar-refractivity contribution is 5.76. The zero-order chi connectivity index (χ0) is 53.9. The number of ether oxygens (including phenoxy) is 4. The zero-order valence-corrected chi connectivity index (χ0v) is 46.1. The SMILES string of the molecule is CC/C=C\C/C=C\C/C=C\C/C=C\C/C=C\CCCCCCCC(=O)NC(COC1OC(CO)C(OC2OC(CO)C(O)C(O)C2O)C(O)C1O)C(O)CCCCCCCCCCCCCCCCCCCCC. The van der Waals surface area contributed by atoms with Crippen LogP contribution in [0.5, 0.6) is 0 Å². The maximum atomic E-state index is 13.3. The number of hydrogen-bond donors (Lipinski definition) is 9. The van der Waals surface area contributed by atoms with Gasteiger partial charge in [-0.2, -0.15) is 0 Å². The molecular formula is C60H107NO13. The van der Waals surface area contributed by atoms with Crippen LogP contribution in [-0.4, -0.2) is 140 Å². The number of allylic oxidation sites excluding steroid dienone is 10. The Balaban J connectivity index is 1.78. The Hall–Kier alpha value is -2.31. The van der Waals surface area contributed by atoms with Crippen molar-refractivity contribution in [3.8, 4) is 0 Å². The van der Waals surface area contributed by atoms with Crippen LogP contribution in [0.3, 0.4) is 0 Å². The third-order valence-electron chi connectivity index (χ3n) is 14.2. The first-order valence-corrected chi connectivity index (χ1v) is 29.5. The van der Waals surface area contributed by atoms with Crippen molar-refractivity contribution in [3.63, 3.8) is 0 Å². The van der Waals surface area contributed by atoms with Gasteiger partial charge in [0.05, 0.1) is 32.0 Å². The van der Waals surface area contributed by atoms with Gasteiger partial charge in [0.2, 0.25) is 5.91 Å². The van der Waals surface area contributed by atoms with Crippen molar-refractivity contribution in [1.82, 2.24) is 5.32 Å². The second-order valence-electron chi connectivity index (χ2n) is 20.7. The van der Waals surface area contributed by atoms with E-state index in [2.05, 4.69) is 79.9 Å². The fraction of sp³-hybridized carbons (Fsp3) is 0.817. The van der Waals surface area contributed by atoms with Crippen molar-refractivity contribution in [2.45, 2.75) is 293 Å². The maximum absolute atomic E-state index is 13.3. The van der Waals surface area contributed by atoms with Crippen molar-refractivity contribution in [3.05, 3.63) is 60.8 Å². The van der Waals surface area contributed by atoms with Crippen molar-refractivity contribution < 1.29 is 64.6 Å². The Kier molecular flexibility index (Phi) is 41.9. The van der Waals surface area contributed by atoms with Gasteiger partial charge in [0, 0.05) is 6.42 Å². The predicted molar refractivity (Wildman–Crippen MR) is 295 cm³/mol. The molecule has 2 saturated heterocycles. The highest BCUT2D eigenvalue weighted by Gasteiger charge is 2.51. The Morgan fingerprint density at radius 2 is 0.932 bits per heavy atom. The molecule has 2 rings (SSSR count). The molecule has 0 spiro atoms. The minimum atomic E-state index is -1.79. The van der Waals surface area contributed by atoms with Crippen LogP contribution >= 0.6 is 0 Å². The third-order valence-corrected chi connectivity index (χ3v) is 14.2. The molecule has 14 nitrogen and oxygen atoms in total. The topological polar surface area (TPSA) is 228 Å². The molecule has 0 bridgehead atoms. The largest absolute Gasteiger partial charge is 0.394 e. The lowest BCUT2D eigenvalue weighted by Crippen LogP contribution is -2.65.